The first kappa shape index (κ1) is 16.2. The van der Waals surface area contributed by atoms with Gasteiger partial charge in [0.25, 0.3) is 5.91 Å². The second-order valence-electron chi connectivity index (χ2n) is 6.42. The molecule has 1 heterocycles. The van der Waals surface area contributed by atoms with Crippen LogP contribution in [0.1, 0.15) is 56.3 Å². The fraction of sp³-hybridized carbons (Fsp3) is 0.474. The van der Waals surface area contributed by atoms with Gasteiger partial charge in [-0.05, 0) is 58.1 Å². The van der Waals surface area contributed by atoms with Gasteiger partial charge in [-0.3, -0.25) is 4.79 Å². The third-order valence-corrected chi connectivity index (χ3v) is 5.44. The quantitative estimate of drug-likeness (QED) is 0.843. The number of aromatic nitrogens is 1. The second kappa shape index (κ2) is 7.26. The molecule has 0 fully saturated rings. The number of hydrogen-bond acceptors (Lipinski definition) is 3. The molecule has 23 heavy (non-hydrogen) atoms. The zero-order valence-corrected chi connectivity index (χ0v) is 14.8. The Labute approximate surface area is 142 Å². The lowest BCUT2D eigenvalue weighted by atomic mass is 10.0. The van der Waals surface area contributed by atoms with Crippen molar-refractivity contribution in [2.75, 3.05) is 6.54 Å². The van der Waals surface area contributed by atoms with Gasteiger partial charge in [0.2, 0.25) is 0 Å². The van der Waals surface area contributed by atoms with E-state index in [0.29, 0.717) is 6.54 Å². The first-order valence-corrected chi connectivity index (χ1v) is 9.27. The van der Waals surface area contributed by atoms with Crippen LogP contribution in [0.4, 0.5) is 0 Å². The molecule has 1 N–H and O–H groups in total. The van der Waals surface area contributed by atoms with Crippen LogP contribution in [0, 0.1) is 13.8 Å². The third-order valence-electron chi connectivity index (χ3n) is 4.23. The maximum atomic E-state index is 12.2. The lowest BCUT2D eigenvalue weighted by molar-refractivity contribution is 0.0953. The number of amides is 1. The Morgan fingerprint density at radius 2 is 1.91 bits per heavy atom. The molecule has 2 aromatic rings. The highest BCUT2D eigenvalue weighted by Crippen LogP contribution is 2.27. The predicted octanol–water partition coefficient (Wildman–Crippen LogP) is 4.00. The van der Waals surface area contributed by atoms with E-state index in [1.54, 1.807) is 0 Å². The molecular formula is C19H24N2OS. The maximum Gasteiger partial charge on any atom is 0.251 e. The van der Waals surface area contributed by atoms with Gasteiger partial charge in [0, 0.05) is 23.4 Å². The Morgan fingerprint density at radius 3 is 2.65 bits per heavy atom. The Hall–Kier alpha value is -1.68. The highest BCUT2D eigenvalue weighted by atomic mass is 32.1. The van der Waals surface area contributed by atoms with Crippen molar-refractivity contribution < 1.29 is 4.79 Å². The highest BCUT2D eigenvalue weighted by molar-refractivity contribution is 7.11. The highest BCUT2D eigenvalue weighted by Gasteiger charge is 2.14. The first-order chi connectivity index (χ1) is 11.1. The van der Waals surface area contributed by atoms with Crippen molar-refractivity contribution in [2.45, 2.75) is 52.4 Å². The fourth-order valence-corrected chi connectivity index (χ4v) is 4.36. The molecule has 0 aliphatic heterocycles. The second-order valence-corrected chi connectivity index (χ2v) is 7.59. The number of aryl methyl sites for hydroxylation is 5. The summed E-state index contributed by atoms with van der Waals surface area (Å²) in [5.41, 5.74) is 4.34. The maximum absolute atomic E-state index is 12.2. The molecule has 3 rings (SSSR count). The standard InChI is InChI=1S/C19H24N2OS/c1-13-10-14(2)12-15(11-13)19(22)20-9-5-8-18-21-16-6-3-4-7-17(16)23-18/h10-12H,3-9H2,1-2H3,(H,20,22). The van der Waals surface area contributed by atoms with E-state index in [1.165, 1.54) is 34.8 Å². The zero-order valence-electron chi connectivity index (χ0n) is 13.9. The monoisotopic (exact) mass is 328 g/mol. The van der Waals surface area contributed by atoms with Gasteiger partial charge >= 0.3 is 0 Å². The molecule has 0 spiro atoms. The van der Waals surface area contributed by atoms with E-state index >= 15 is 0 Å². The molecule has 0 radical (unpaired) electrons. The minimum atomic E-state index is 0.0234. The minimum Gasteiger partial charge on any atom is -0.352 e. The molecule has 122 valence electrons. The summed E-state index contributed by atoms with van der Waals surface area (Å²) in [4.78, 5) is 18.4. The van der Waals surface area contributed by atoms with Crippen LogP contribution in [0.5, 0.6) is 0 Å². The number of carbonyl (C=O) groups excluding carboxylic acids is 1. The summed E-state index contributed by atoms with van der Waals surface area (Å²) in [6, 6.07) is 5.97. The van der Waals surface area contributed by atoms with Crippen LogP contribution in [0.3, 0.4) is 0 Å². The number of rotatable bonds is 5. The Bertz CT molecular complexity index is 662. The average Bonchev–Trinajstić information content (AvgIpc) is 2.93. The van der Waals surface area contributed by atoms with E-state index in [1.807, 2.05) is 37.3 Å². The largest absolute Gasteiger partial charge is 0.352 e. The molecule has 0 saturated heterocycles. The zero-order chi connectivity index (χ0) is 16.2. The lowest BCUT2D eigenvalue weighted by Crippen LogP contribution is -2.24. The number of nitrogens with one attached hydrogen (secondary N) is 1. The van der Waals surface area contributed by atoms with E-state index in [9.17, 15) is 4.79 Å². The summed E-state index contributed by atoms with van der Waals surface area (Å²) in [5, 5.41) is 4.26. The number of hydrogen-bond donors (Lipinski definition) is 1. The Balaban J connectivity index is 1.47. The normalized spacial score (nSPS) is 13.7. The molecule has 1 aliphatic rings. The van der Waals surface area contributed by atoms with Crippen molar-refractivity contribution in [1.29, 1.82) is 0 Å². The summed E-state index contributed by atoms with van der Waals surface area (Å²) >= 11 is 1.87. The number of nitrogens with zero attached hydrogens (tertiary/aromatic N) is 1. The molecule has 1 aromatic heterocycles. The van der Waals surface area contributed by atoms with Gasteiger partial charge in [0.15, 0.2) is 0 Å². The smallest absolute Gasteiger partial charge is 0.251 e. The van der Waals surface area contributed by atoms with Gasteiger partial charge in [-0.25, -0.2) is 4.98 Å². The SMILES string of the molecule is Cc1cc(C)cc(C(=O)NCCCc2nc3c(s2)CCCC3)c1. The first-order valence-electron chi connectivity index (χ1n) is 8.46. The van der Waals surface area contributed by atoms with Gasteiger partial charge in [-0.1, -0.05) is 17.2 Å². The van der Waals surface area contributed by atoms with Crippen molar-refractivity contribution in [2.24, 2.45) is 0 Å². The third kappa shape index (κ3) is 4.20. The van der Waals surface area contributed by atoms with Crippen LogP contribution in [0.2, 0.25) is 0 Å². The van der Waals surface area contributed by atoms with Crippen molar-refractivity contribution in [3.8, 4) is 0 Å². The van der Waals surface area contributed by atoms with E-state index in [2.05, 4.69) is 11.4 Å². The summed E-state index contributed by atoms with van der Waals surface area (Å²) in [6.45, 7) is 4.75. The fourth-order valence-electron chi connectivity index (χ4n) is 3.16. The van der Waals surface area contributed by atoms with Crippen molar-refractivity contribution in [1.82, 2.24) is 10.3 Å². The molecule has 1 amide bonds. The van der Waals surface area contributed by atoms with Crippen LogP contribution in [0.25, 0.3) is 0 Å². The molecule has 4 heteroatoms. The molecule has 0 unspecified atom stereocenters. The van der Waals surface area contributed by atoms with E-state index in [0.717, 1.165) is 36.0 Å². The van der Waals surface area contributed by atoms with Crippen molar-refractivity contribution in [3.63, 3.8) is 0 Å². The summed E-state index contributed by atoms with van der Waals surface area (Å²) in [5.74, 6) is 0.0234. The minimum absolute atomic E-state index is 0.0234. The number of thiazole rings is 1. The summed E-state index contributed by atoms with van der Waals surface area (Å²) < 4.78 is 0. The van der Waals surface area contributed by atoms with E-state index in [4.69, 9.17) is 4.98 Å². The topological polar surface area (TPSA) is 42.0 Å². The van der Waals surface area contributed by atoms with Gasteiger partial charge < -0.3 is 5.32 Å². The Morgan fingerprint density at radius 1 is 1.17 bits per heavy atom. The van der Waals surface area contributed by atoms with Crippen LogP contribution in [0.15, 0.2) is 18.2 Å². The van der Waals surface area contributed by atoms with Gasteiger partial charge in [-0.15, -0.1) is 11.3 Å². The Kier molecular flexibility index (Phi) is 5.11. The average molecular weight is 328 g/mol. The van der Waals surface area contributed by atoms with Gasteiger partial charge in [0.05, 0.1) is 10.7 Å². The molecule has 0 atom stereocenters. The van der Waals surface area contributed by atoms with Crippen LogP contribution in [-0.2, 0) is 19.3 Å². The molecule has 0 saturated carbocycles. The number of benzene rings is 1. The molecule has 1 aliphatic carbocycles. The van der Waals surface area contributed by atoms with Crippen LogP contribution in [-0.4, -0.2) is 17.4 Å². The molecule has 0 bridgehead atoms. The number of fused-ring (bicyclic) bond motifs is 1. The molecular weight excluding hydrogens is 304 g/mol. The lowest BCUT2D eigenvalue weighted by Gasteiger charge is -2.06. The van der Waals surface area contributed by atoms with Gasteiger partial charge in [0.1, 0.15) is 0 Å². The van der Waals surface area contributed by atoms with Crippen LogP contribution < -0.4 is 5.32 Å². The molecule has 1 aromatic carbocycles. The van der Waals surface area contributed by atoms with E-state index < -0.39 is 0 Å². The van der Waals surface area contributed by atoms with E-state index in [-0.39, 0.29) is 5.91 Å². The van der Waals surface area contributed by atoms with Crippen molar-refractivity contribution >= 4 is 17.2 Å². The van der Waals surface area contributed by atoms with Gasteiger partial charge in [-0.2, -0.15) is 0 Å². The number of carbonyl (C=O) groups is 1. The summed E-state index contributed by atoms with van der Waals surface area (Å²) in [6.07, 6.45) is 6.85. The molecule has 3 nitrogen and oxygen atoms in total. The summed E-state index contributed by atoms with van der Waals surface area (Å²) in [7, 11) is 0. The predicted molar refractivity (Wildman–Crippen MR) is 95.3 cm³/mol. The van der Waals surface area contributed by atoms with Crippen molar-refractivity contribution in [3.05, 3.63) is 50.5 Å². The van der Waals surface area contributed by atoms with Crippen LogP contribution >= 0.6 is 11.3 Å².